The van der Waals surface area contributed by atoms with Gasteiger partial charge in [-0.05, 0) is 36.8 Å². The summed E-state index contributed by atoms with van der Waals surface area (Å²) in [4.78, 5) is 13.6. The zero-order valence-electron chi connectivity index (χ0n) is 14.6. The van der Waals surface area contributed by atoms with Crippen LogP contribution in [-0.2, 0) is 18.3 Å². The average molecular weight is 371 g/mol. The molecule has 0 aliphatic carbocycles. The summed E-state index contributed by atoms with van der Waals surface area (Å²) in [7, 11) is 1.77. The molecular formula is C18H21N5O2S. The van der Waals surface area contributed by atoms with Crippen LogP contribution in [0.4, 0.5) is 5.69 Å². The number of rotatable bonds is 5. The van der Waals surface area contributed by atoms with Crippen LogP contribution in [0.25, 0.3) is 10.6 Å². The van der Waals surface area contributed by atoms with Crippen molar-refractivity contribution in [3.63, 3.8) is 0 Å². The number of thiophene rings is 1. The molecule has 1 atom stereocenters. The Balaban J connectivity index is 1.42. The average Bonchev–Trinajstić information content (AvgIpc) is 3.37. The van der Waals surface area contributed by atoms with Gasteiger partial charge in [0.1, 0.15) is 11.4 Å². The van der Waals surface area contributed by atoms with E-state index in [1.54, 1.807) is 29.3 Å². The van der Waals surface area contributed by atoms with Gasteiger partial charge in [-0.2, -0.15) is 10.2 Å². The molecule has 8 heteroatoms. The number of amides is 1. The number of hydrogen-bond acceptors (Lipinski definition) is 5. The van der Waals surface area contributed by atoms with Gasteiger partial charge >= 0.3 is 0 Å². The van der Waals surface area contributed by atoms with E-state index in [9.17, 15) is 4.79 Å². The molecule has 7 nitrogen and oxygen atoms in total. The highest BCUT2D eigenvalue weighted by atomic mass is 32.1. The number of anilines is 1. The molecule has 1 aliphatic heterocycles. The minimum Gasteiger partial charge on any atom is -0.376 e. The first kappa shape index (κ1) is 17.0. The highest BCUT2D eigenvalue weighted by Crippen LogP contribution is 2.24. The maximum absolute atomic E-state index is 12.6. The third kappa shape index (κ3) is 3.71. The van der Waals surface area contributed by atoms with E-state index in [0.717, 1.165) is 30.0 Å². The van der Waals surface area contributed by atoms with Crippen molar-refractivity contribution in [2.75, 3.05) is 11.9 Å². The number of carbonyl (C=O) groups is 1. The Bertz CT molecular complexity index is 877. The fourth-order valence-electron chi connectivity index (χ4n) is 3.11. The third-order valence-electron chi connectivity index (χ3n) is 4.44. The van der Waals surface area contributed by atoms with E-state index in [0.29, 0.717) is 17.9 Å². The lowest BCUT2D eigenvalue weighted by Crippen LogP contribution is -2.24. The maximum Gasteiger partial charge on any atom is 0.274 e. The Hall–Kier alpha value is -2.45. The molecule has 0 spiro atoms. The Morgan fingerprint density at radius 2 is 2.38 bits per heavy atom. The largest absolute Gasteiger partial charge is 0.376 e. The van der Waals surface area contributed by atoms with Crippen molar-refractivity contribution in [2.24, 2.45) is 7.05 Å². The van der Waals surface area contributed by atoms with Crippen molar-refractivity contribution >= 4 is 22.9 Å². The molecular weight excluding hydrogens is 350 g/mol. The Kier molecular flexibility index (Phi) is 4.85. The first-order valence-corrected chi connectivity index (χ1v) is 9.60. The fourth-order valence-corrected chi connectivity index (χ4v) is 3.79. The Morgan fingerprint density at radius 1 is 1.46 bits per heavy atom. The molecule has 1 unspecified atom stereocenters. The Labute approximate surface area is 155 Å². The number of ether oxygens (including phenoxy) is 1. The van der Waals surface area contributed by atoms with Gasteiger partial charge in [0.05, 0.1) is 29.4 Å². The second-order valence-corrected chi connectivity index (χ2v) is 7.36. The number of hydrogen-bond donors (Lipinski definition) is 1. The highest BCUT2D eigenvalue weighted by molar-refractivity contribution is 7.13. The molecule has 3 aromatic rings. The maximum atomic E-state index is 12.6. The summed E-state index contributed by atoms with van der Waals surface area (Å²) in [6.07, 6.45) is 7.10. The molecule has 0 bridgehead atoms. The monoisotopic (exact) mass is 371 g/mol. The topological polar surface area (TPSA) is 74.0 Å². The predicted octanol–water partition coefficient (Wildman–Crippen LogP) is 3.17. The van der Waals surface area contributed by atoms with Crippen molar-refractivity contribution < 1.29 is 9.53 Å². The quantitative estimate of drug-likeness (QED) is 0.748. The van der Waals surface area contributed by atoms with E-state index in [1.807, 2.05) is 34.5 Å². The molecule has 4 rings (SSSR count). The van der Waals surface area contributed by atoms with Gasteiger partial charge in [0.2, 0.25) is 0 Å². The van der Waals surface area contributed by atoms with Crippen LogP contribution in [0.1, 0.15) is 29.8 Å². The van der Waals surface area contributed by atoms with Crippen molar-refractivity contribution in [1.82, 2.24) is 19.6 Å². The molecule has 4 heterocycles. The number of aromatic nitrogens is 4. The molecule has 1 amide bonds. The number of aryl methyl sites for hydroxylation is 1. The molecule has 26 heavy (non-hydrogen) atoms. The second kappa shape index (κ2) is 7.43. The zero-order chi connectivity index (χ0) is 17.9. The lowest BCUT2D eigenvalue weighted by molar-refractivity contribution is 0.00401. The number of nitrogens with zero attached hydrogens (tertiary/aromatic N) is 4. The standard InChI is InChI=1S/C18H21N5O2S/c1-22-16(9-15(21-22)17-6-4-8-26-17)18(24)20-13-10-19-23(11-13)12-14-5-2-3-7-25-14/h4,6,8-11,14H,2-3,5,7,12H2,1H3,(H,20,24). The van der Waals surface area contributed by atoms with Gasteiger partial charge in [-0.3, -0.25) is 14.2 Å². The van der Waals surface area contributed by atoms with E-state index in [-0.39, 0.29) is 12.0 Å². The van der Waals surface area contributed by atoms with Crippen LogP contribution in [0.15, 0.2) is 36.0 Å². The molecule has 1 fully saturated rings. The molecule has 136 valence electrons. The molecule has 0 radical (unpaired) electrons. The molecule has 0 aromatic carbocycles. The number of nitrogens with one attached hydrogen (secondary N) is 1. The summed E-state index contributed by atoms with van der Waals surface area (Å²) >= 11 is 1.60. The Morgan fingerprint density at radius 3 is 3.15 bits per heavy atom. The molecule has 0 saturated carbocycles. The summed E-state index contributed by atoms with van der Waals surface area (Å²) in [5.41, 5.74) is 1.99. The van der Waals surface area contributed by atoms with Crippen LogP contribution >= 0.6 is 11.3 Å². The second-order valence-electron chi connectivity index (χ2n) is 6.41. The SMILES string of the molecule is Cn1nc(-c2cccs2)cc1C(=O)Nc1cnn(CC2CCCCO2)c1. The summed E-state index contributed by atoms with van der Waals surface area (Å²) in [6, 6.07) is 5.77. The summed E-state index contributed by atoms with van der Waals surface area (Å²) in [5.74, 6) is -0.198. The zero-order valence-corrected chi connectivity index (χ0v) is 15.4. The van der Waals surface area contributed by atoms with Gasteiger partial charge < -0.3 is 10.1 Å². The van der Waals surface area contributed by atoms with Crippen LogP contribution in [0.5, 0.6) is 0 Å². The van der Waals surface area contributed by atoms with Gasteiger partial charge in [-0.25, -0.2) is 0 Å². The van der Waals surface area contributed by atoms with Gasteiger partial charge in [0.25, 0.3) is 5.91 Å². The first-order valence-electron chi connectivity index (χ1n) is 8.72. The van der Waals surface area contributed by atoms with Crippen molar-refractivity contribution in [3.05, 3.63) is 41.7 Å². The predicted molar refractivity (Wildman–Crippen MR) is 100 cm³/mol. The molecule has 1 aliphatic rings. The van der Waals surface area contributed by atoms with E-state index in [1.165, 1.54) is 6.42 Å². The van der Waals surface area contributed by atoms with Crippen molar-refractivity contribution in [2.45, 2.75) is 31.9 Å². The van der Waals surface area contributed by atoms with E-state index >= 15 is 0 Å². The summed E-state index contributed by atoms with van der Waals surface area (Å²) in [5, 5.41) is 13.6. The van der Waals surface area contributed by atoms with Gasteiger partial charge in [0, 0.05) is 19.9 Å². The van der Waals surface area contributed by atoms with Gasteiger partial charge in [-0.15, -0.1) is 11.3 Å². The smallest absolute Gasteiger partial charge is 0.274 e. The van der Waals surface area contributed by atoms with E-state index in [2.05, 4.69) is 15.5 Å². The normalized spacial score (nSPS) is 17.3. The number of carbonyl (C=O) groups excluding carboxylic acids is 1. The fraction of sp³-hybridized carbons (Fsp3) is 0.389. The van der Waals surface area contributed by atoms with Crippen LogP contribution in [0.2, 0.25) is 0 Å². The van der Waals surface area contributed by atoms with E-state index < -0.39 is 0 Å². The summed E-state index contributed by atoms with van der Waals surface area (Å²) in [6.45, 7) is 1.53. The van der Waals surface area contributed by atoms with Gasteiger partial charge in [-0.1, -0.05) is 6.07 Å². The molecule has 3 aromatic heterocycles. The van der Waals surface area contributed by atoms with Gasteiger partial charge in [0.15, 0.2) is 0 Å². The van der Waals surface area contributed by atoms with Crippen LogP contribution in [-0.4, -0.2) is 38.2 Å². The van der Waals surface area contributed by atoms with Crippen LogP contribution < -0.4 is 5.32 Å². The lowest BCUT2D eigenvalue weighted by atomic mass is 10.1. The lowest BCUT2D eigenvalue weighted by Gasteiger charge is -2.22. The van der Waals surface area contributed by atoms with Crippen molar-refractivity contribution in [1.29, 1.82) is 0 Å². The summed E-state index contributed by atoms with van der Waals surface area (Å²) < 4.78 is 9.16. The van der Waals surface area contributed by atoms with Crippen molar-refractivity contribution in [3.8, 4) is 10.6 Å². The van der Waals surface area contributed by atoms with Crippen LogP contribution in [0.3, 0.4) is 0 Å². The first-order chi connectivity index (χ1) is 12.7. The molecule has 1 saturated heterocycles. The minimum atomic E-state index is -0.198. The minimum absolute atomic E-state index is 0.198. The van der Waals surface area contributed by atoms with Crippen LogP contribution in [0, 0.1) is 0 Å². The highest BCUT2D eigenvalue weighted by Gasteiger charge is 2.17. The third-order valence-corrected chi connectivity index (χ3v) is 5.33. The molecule has 1 N–H and O–H groups in total. The van der Waals surface area contributed by atoms with E-state index in [4.69, 9.17) is 4.74 Å².